The zero-order valence-electron chi connectivity index (χ0n) is 11.1. The molecule has 0 bridgehead atoms. The molecule has 20 heavy (non-hydrogen) atoms. The Hall–Kier alpha value is -2.14. The van der Waals surface area contributed by atoms with Crippen molar-refractivity contribution in [3.8, 4) is 5.75 Å². The Kier molecular flexibility index (Phi) is 4.90. The zero-order chi connectivity index (χ0) is 14.4. The van der Waals surface area contributed by atoms with Crippen LogP contribution >= 0.6 is 11.8 Å². The second kappa shape index (κ2) is 6.86. The molecule has 0 amide bonds. The normalized spacial score (nSPS) is 11.3. The SMILES string of the molecule is CSc1ccc(OCc2cccc(C(N)=NO)c2)cc1. The first-order valence-corrected chi connectivity index (χ1v) is 7.29. The molecule has 0 atom stereocenters. The van der Waals surface area contributed by atoms with E-state index in [1.807, 2.05) is 48.7 Å². The number of ether oxygens (including phenoxy) is 1. The molecule has 0 heterocycles. The van der Waals surface area contributed by atoms with Gasteiger partial charge in [-0.05, 0) is 42.2 Å². The Labute approximate surface area is 122 Å². The standard InChI is InChI=1S/C15H16N2O2S/c1-20-14-7-5-13(6-8-14)19-10-11-3-2-4-12(9-11)15(16)17-18/h2-9,18H,10H2,1H3,(H2,16,17). The average Bonchev–Trinajstić information content (AvgIpc) is 2.53. The van der Waals surface area contributed by atoms with Gasteiger partial charge in [0.2, 0.25) is 0 Å². The van der Waals surface area contributed by atoms with Crippen molar-refractivity contribution in [3.05, 3.63) is 59.7 Å². The molecule has 0 aliphatic heterocycles. The summed E-state index contributed by atoms with van der Waals surface area (Å²) in [5.74, 6) is 0.910. The van der Waals surface area contributed by atoms with E-state index in [0.29, 0.717) is 12.2 Å². The smallest absolute Gasteiger partial charge is 0.170 e. The third-order valence-electron chi connectivity index (χ3n) is 2.80. The molecule has 104 valence electrons. The second-order valence-electron chi connectivity index (χ2n) is 4.15. The predicted octanol–water partition coefficient (Wildman–Crippen LogP) is 3.08. The fourth-order valence-electron chi connectivity index (χ4n) is 1.72. The highest BCUT2D eigenvalue weighted by atomic mass is 32.2. The number of nitrogens with two attached hydrogens (primary N) is 1. The minimum absolute atomic E-state index is 0.0937. The molecule has 2 aromatic carbocycles. The van der Waals surface area contributed by atoms with Crippen LogP contribution in [0.25, 0.3) is 0 Å². The first-order valence-electron chi connectivity index (χ1n) is 6.06. The van der Waals surface area contributed by atoms with Gasteiger partial charge >= 0.3 is 0 Å². The number of oxime groups is 1. The average molecular weight is 288 g/mol. The first kappa shape index (κ1) is 14.3. The summed E-state index contributed by atoms with van der Waals surface area (Å²) in [7, 11) is 0. The van der Waals surface area contributed by atoms with Crippen molar-refractivity contribution in [1.82, 2.24) is 0 Å². The van der Waals surface area contributed by atoms with Crippen LogP contribution < -0.4 is 10.5 Å². The van der Waals surface area contributed by atoms with Crippen LogP contribution in [-0.4, -0.2) is 17.3 Å². The van der Waals surface area contributed by atoms with Crippen molar-refractivity contribution in [2.45, 2.75) is 11.5 Å². The number of nitrogens with zero attached hydrogens (tertiary/aromatic N) is 1. The highest BCUT2D eigenvalue weighted by molar-refractivity contribution is 7.98. The van der Waals surface area contributed by atoms with Crippen LogP contribution in [0.4, 0.5) is 0 Å². The van der Waals surface area contributed by atoms with Gasteiger partial charge in [-0.15, -0.1) is 11.8 Å². The van der Waals surface area contributed by atoms with E-state index in [0.717, 1.165) is 11.3 Å². The van der Waals surface area contributed by atoms with Gasteiger partial charge in [0.05, 0.1) is 0 Å². The van der Waals surface area contributed by atoms with Gasteiger partial charge in [-0.25, -0.2) is 0 Å². The molecular weight excluding hydrogens is 272 g/mol. The number of rotatable bonds is 5. The Morgan fingerprint density at radius 1 is 1.25 bits per heavy atom. The van der Waals surface area contributed by atoms with Gasteiger partial charge in [0.15, 0.2) is 5.84 Å². The van der Waals surface area contributed by atoms with Gasteiger partial charge in [0.25, 0.3) is 0 Å². The Morgan fingerprint density at radius 3 is 2.65 bits per heavy atom. The van der Waals surface area contributed by atoms with Gasteiger partial charge in [-0.1, -0.05) is 23.4 Å². The van der Waals surface area contributed by atoms with Crippen LogP contribution in [0.5, 0.6) is 5.75 Å². The molecule has 0 radical (unpaired) electrons. The first-order chi connectivity index (χ1) is 9.72. The van der Waals surface area contributed by atoms with Crippen LogP contribution in [-0.2, 0) is 6.61 Å². The number of hydrogen-bond donors (Lipinski definition) is 2. The molecular formula is C15H16N2O2S. The van der Waals surface area contributed by atoms with Crippen molar-refractivity contribution < 1.29 is 9.94 Å². The molecule has 0 aromatic heterocycles. The summed E-state index contributed by atoms with van der Waals surface area (Å²) in [4.78, 5) is 1.20. The van der Waals surface area contributed by atoms with Gasteiger partial charge < -0.3 is 15.7 Å². The quantitative estimate of drug-likeness (QED) is 0.292. The highest BCUT2D eigenvalue weighted by Gasteiger charge is 2.02. The van der Waals surface area contributed by atoms with E-state index in [9.17, 15) is 0 Å². The predicted molar refractivity (Wildman–Crippen MR) is 81.5 cm³/mol. The van der Waals surface area contributed by atoms with Crippen LogP contribution in [0, 0.1) is 0 Å². The fourth-order valence-corrected chi connectivity index (χ4v) is 2.13. The topological polar surface area (TPSA) is 67.8 Å². The Morgan fingerprint density at radius 2 is 2.00 bits per heavy atom. The molecule has 0 unspecified atom stereocenters. The van der Waals surface area contributed by atoms with Crippen molar-refractivity contribution in [3.63, 3.8) is 0 Å². The van der Waals surface area contributed by atoms with E-state index in [-0.39, 0.29) is 5.84 Å². The number of hydrogen-bond acceptors (Lipinski definition) is 4. The molecule has 0 saturated heterocycles. The van der Waals surface area contributed by atoms with Gasteiger partial charge in [0.1, 0.15) is 12.4 Å². The molecule has 0 aliphatic rings. The van der Waals surface area contributed by atoms with Crippen LogP contribution in [0.15, 0.2) is 58.6 Å². The van der Waals surface area contributed by atoms with E-state index >= 15 is 0 Å². The summed E-state index contributed by atoms with van der Waals surface area (Å²) < 4.78 is 5.71. The van der Waals surface area contributed by atoms with Crippen LogP contribution in [0.1, 0.15) is 11.1 Å². The summed E-state index contributed by atoms with van der Waals surface area (Å²) in [6, 6.07) is 15.3. The lowest BCUT2D eigenvalue weighted by atomic mass is 10.1. The van der Waals surface area contributed by atoms with Crippen molar-refractivity contribution >= 4 is 17.6 Å². The van der Waals surface area contributed by atoms with Crippen LogP contribution in [0.3, 0.4) is 0 Å². The summed E-state index contributed by atoms with van der Waals surface area (Å²) >= 11 is 1.69. The van der Waals surface area contributed by atoms with Crippen molar-refractivity contribution in [1.29, 1.82) is 0 Å². The maximum Gasteiger partial charge on any atom is 0.170 e. The molecule has 0 fully saturated rings. The lowest BCUT2D eigenvalue weighted by Gasteiger charge is -2.08. The molecule has 0 saturated carbocycles. The van der Waals surface area contributed by atoms with Crippen molar-refractivity contribution in [2.24, 2.45) is 10.9 Å². The van der Waals surface area contributed by atoms with E-state index in [1.165, 1.54) is 4.90 Å². The largest absolute Gasteiger partial charge is 0.489 e. The monoisotopic (exact) mass is 288 g/mol. The molecule has 2 rings (SSSR count). The highest BCUT2D eigenvalue weighted by Crippen LogP contribution is 2.20. The number of benzene rings is 2. The maximum atomic E-state index is 8.67. The maximum absolute atomic E-state index is 8.67. The lowest BCUT2D eigenvalue weighted by molar-refractivity contribution is 0.306. The fraction of sp³-hybridized carbons (Fsp3) is 0.133. The molecule has 0 aliphatic carbocycles. The second-order valence-corrected chi connectivity index (χ2v) is 5.03. The third-order valence-corrected chi connectivity index (χ3v) is 3.54. The minimum atomic E-state index is 0.0937. The van der Waals surface area contributed by atoms with E-state index in [2.05, 4.69) is 5.16 Å². The van der Waals surface area contributed by atoms with Crippen LogP contribution in [0.2, 0.25) is 0 Å². The lowest BCUT2D eigenvalue weighted by Crippen LogP contribution is -2.13. The van der Waals surface area contributed by atoms with Gasteiger partial charge in [-0.3, -0.25) is 0 Å². The Bertz CT molecular complexity index is 597. The van der Waals surface area contributed by atoms with E-state index in [4.69, 9.17) is 15.7 Å². The van der Waals surface area contributed by atoms with E-state index in [1.54, 1.807) is 17.8 Å². The minimum Gasteiger partial charge on any atom is -0.489 e. The van der Waals surface area contributed by atoms with Crippen molar-refractivity contribution in [2.75, 3.05) is 6.26 Å². The molecule has 0 spiro atoms. The molecule has 5 heteroatoms. The van der Waals surface area contributed by atoms with Gasteiger partial charge in [-0.2, -0.15) is 0 Å². The van der Waals surface area contributed by atoms with Gasteiger partial charge in [0, 0.05) is 10.5 Å². The summed E-state index contributed by atoms with van der Waals surface area (Å²) in [6.07, 6.45) is 2.04. The zero-order valence-corrected chi connectivity index (χ0v) is 11.9. The number of amidine groups is 1. The molecule has 2 aromatic rings. The summed E-state index contributed by atoms with van der Waals surface area (Å²) in [6.45, 7) is 0.436. The molecule has 3 N–H and O–H groups in total. The number of thioether (sulfide) groups is 1. The summed E-state index contributed by atoms with van der Waals surface area (Å²) in [5.41, 5.74) is 7.19. The Balaban J connectivity index is 2.03. The molecule has 4 nitrogen and oxygen atoms in total. The summed E-state index contributed by atoms with van der Waals surface area (Å²) in [5, 5.41) is 11.7. The third kappa shape index (κ3) is 3.68. The van der Waals surface area contributed by atoms with E-state index < -0.39 is 0 Å².